The van der Waals surface area contributed by atoms with E-state index in [0.29, 0.717) is 40.3 Å². The third-order valence-electron chi connectivity index (χ3n) is 8.59. The second kappa shape index (κ2) is 11.0. The van der Waals surface area contributed by atoms with Crippen LogP contribution in [0.4, 0.5) is 10.6 Å². The van der Waals surface area contributed by atoms with E-state index in [1.54, 1.807) is 17.8 Å². The van der Waals surface area contributed by atoms with Crippen molar-refractivity contribution >= 4 is 53.5 Å². The summed E-state index contributed by atoms with van der Waals surface area (Å²) in [5.74, 6) is 0.796. The summed E-state index contributed by atoms with van der Waals surface area (Å²) < 4.78 is 9.69. The normalized spacial score (nSPS) is 20.5. The summed E-state index contributed by atoms with van der Waals surface area (Å²) in [6.07, 6.45) is 8.08. The highest BCUT2D eigenvalue weighted by atomic mass is 35.5. The number of carboxylic acid groups (broad SMARTS) is 1. The van der Waals surface area contributed by atoms with E-state index in [1.807, 2.05) is 35.2 Å². The number of fused-ring (bicyclic) bond motifs is 4. The van der Waals surface area contributed by atoms with Gasteiger partial charge in [0.2, 0.25) is 0 Å². The molecular formula is C30H37ClN6O4Si. The Morgan fingerprint density at radius 3 is 2.57 bits per heavy atom. The Bertz CT molecular complexity index is 1720. The van der Waals surface area contributed by atoms with Crippen molar-refractivity contribution in [3.8, 4) is 11.1 Å². The molecule has 2 N–H and O–H groups in total. The fourth-order valence-corrected chi connectivity index (χ4v) is 7.52. The molecule has 0 spiro atoms. The predicted molar refractivity (Wildman–Crippen MR) is 168 cm³/mol. The van der Waals surface area contributed by atoms with Crippen LogP contribution in [0.2, 0.25) is 30.7 Å². The van der Waals surface area contributed by atoms with Gasteiger partial charge in [0.05, 0.1) is 11.2 Å². The first-order valence-electron chi connectivity index (χ1n) is 14.5. The van der Waals surface area contributed by atoms with Crippen LogP contribution in [0.25, 0.3) is 33.1 Å². The molecule has 2 bridgehead atoms. The number of hydrogen-bond acceptors (Lipinski definition) is 6. The van der Waals surface area contributed by atoms with Crippen molar-refractivity contribution in [2.75, 3.05) is 11.5 Å². The van der Waals surface area contributed by atoms with Crippen LogP contribution in [0.5, 0.6) is 0 Å². The lowest BCUT2D eigenvalue weighted by molar-refractivity contribution is 0.0899. The van der Waals surface area contributed by atoms with Gasteiger partial charge in [-0.3, -0.25) is 4.79 Å². The Balaban J connectivity index is 1.39. The van der Waals surface area contributed by atoms with E-state index in [2.05, 4.69) is 29.9 Å². The number of halogens is 1. The largest absolute Gasteiger partial charge is 0.465 e. The first-order valence-corrected chi connectivity index (χ1v) is 18.6. The number of aromatic nitrogens is 4. The number of ether oxygens (including phenoxy) is 1. The Morgan fingerprint density at radius 2 is 1.88 bits per heavy atom. The zero-order valence-electron chi connectivity index (χ0n) is 24.4. The Morgan fingerprint density at radius 1 is 1.14 bits per heavy atom. The van der Waals surface area contributed by atoms with Crippen LogP contribution in [-0.2, 0) is 18.5 Å². The van der Waals surface area contributed by atoms with Gasteiger partial charge in [-0.05, 0) is 43.9 Å². The number of anilines is 1. The van der Waals surface area contributed by atoms with E-state index < -0.39 is 14.2 Å². The minimum atomic E-state index is -1.25. The van der Waals surface area contributed by atoms with Crippen molar-refractivity contribution in [1.29, 1.82) is 0 Å². The maximum atomic E-state index is 12.7. The van der Waals surface area contributed by atoms with Crippen molar-refractivity contribution in [2.24, 2.45) is 7.05 Å². The Hall–Kier alpha value is -3.41. The number of nitrogens with one attached hydrogen (secondary N) is 1. The topological polar surface area (TPSA) is 115 Å². The quantitative estimate of drug-likeness (QED) is 0.195. The fourth-order valence-electron chi connectivity index (χ4n) is 6.44. The zero-order valence-corrected chi connectivity index (χ0v) is 26.2. The van der Waals surface area contributed by atoms with Crippen molar-refractivity contribution in [3.63, 3.8) is 0 Å². The number of rotatable bonds is 8. The summed E-state index contributed by atoms with van der Waals surface area (Å²) >= 11 is 6.95. The fraction of sp³-hybridized carbons (Fsp3) is 0.467. The van der Waals surface area contributed by atoms with Crippen molar-refractivity contribution in [3.05, 3.63) is 52.2 Å². The van der Waals surface area contributed by atoms with E-state index in [-0.39, 0.29) is 23.7 Å². The Kier molecular flexibility index (Phi) is 7.53. The molecule has 10 nitrogen and oxygen atoms in total. The molecule has 0 saturated carbocycles. The van der Waals surface area contributed by atoms with Gasteiger partial charge in [0, 0.05) is 74.1 Å². The molecule has 3 atom stereocenters. The number of benzene rings is 1. The smallest absolute Gasteiger partial charge is 0.404 e. The Labute approximate surface area is 250 Å². The number of aryl methyl sites for hydroxylation is 1. The number of pyridine rings is 1. The lowest BCUT2D eigenvalue weighted by atomic mass is 9.97. The highest BCUT2D eigenvalue weighted by Crippen LogP contribution is 2.41. The SMILES string of the molecule is Cn1ccc2c(Cl)c(-c3cn(COCC[Si](C)(C)C)c4nc(N5[C@@H]6CC[C@H]5CC(NC(=O)O)C6)cnc34)ccc2c1=O. The van der Waals surface area contributed by atoms with Crippen LogP contribution in [0.1, 0.15) is 25.7 Å². The number of nitrogens with zero attached hydrogens (tertiary/aromatic N) is 5. The lowest BCUT2D eigenvalue weighted by Crippen LogP contribution is -2.50. The molecule has 12 heteroatoms. The van der Waals surface area contributed by atoms with Crippen LogP contribution in [0.15, 0.2) is 41.6 Å². The van der Waals surface area contributed by atoms with E-state index in [1.165, 1.54) is 0 Å². The summed E-state index contributed by atoms with van der Waals surface area (Å²) in [5.41, 5.74) is 2.94. The third kappa shape index (κ3) is 5.41. The first kappa shape index (κ1) is 28.7. The van der Waals surface area contributed by atoms with Crippen LogP contribution >= 0.6 is 11.6 Å². The van der Waals surface area contributed by atoms with Gasteiger partial charge < -0.3 is 29.2 Å². The number of carbonyl (C=O) groups is 1. The summed E-state index contributed by atoms with van der Waals surface area (Å²) in [5, 5.41) is 13.7. The van der Waals surface area contributed by atoms with Crippen molar-refractivity contribution < 1.29 is 14.6 Å². The van der Waals surface area contributed by atoms with Gasteiger partial charge in [-0.25, -0.2) is 14.8 Å². The minimum Gasteiger partial charge on any atom is -0.465 e. The van der Waals surface area contributed by atoms with Crippen molar-refractivity contribution in [1.82, 2.24) is 24.4 Å². The molecule has 0 aliphatic carbocycles. The number of hydrogen-bond donors (Lipinski definition) is 2. The maximum absolute atomic E-state index is 12.7. The summed E-state index contributed by atoms with van der Waals surface area (Å²) in [6.45, 7) is 8.00. The number of amides is 1. The molecular weight excluding hydrogens is 572 g/mol. The molecule has 222 valence electrons. The minimum absolute atomic E-state index is 0.0463. The van der Waals surface area contributed by atoms with Gasteiger partial charge >= 0.3 is 6.09 Å². The third-order valence-corrected chi connectivity index (χ3v) is 10.7. The van der Waals surface area contributed by atoms with Crippen LogP contribution in [0, 0.1) is 0 Å². The number of piperidine rings is 1. The zero-order chi connectivity index (χ0) is 29.8. The maximum Gasteiger partial charge on any atom is 0.404 e. The van der Waals surface area contributed by atoms with Crippen LogP contribution in [-0.4, -0.2) is 63.1 Å². The second-order valence-corrected chi connectivity index (χ2v) is 18.8. The first-order chi connectivity index (χ1) is 20.0. The molecule has 42 heavy (non-hydrogen) atoms. The molecule has 2 aliphatic heterocycles. The van der Waals surface area contributed by atoms with E-state index >= 15 is 0 Å². The average molecular weight is 609 g/mol. The standard InChI is InChI=1S/C30H37ClN6O4Si/c1-35-10-9-22-23(29(35)38)8-7-21(26(22)31)24-16-36(17-41-11-12-42(2,3)4)28-27(24)32-15-25(34-28)37-19-5-6-20(37)14-18(13-19)33-30(39)40/h7-10,15-16,18-20,33H,5-6,11-14,17H2,1-4H3,(H,39,40)/t18?,19-,20+. The summed E-state index contributed by atoms with van der Waals surface area (Å²) in [7, 11) is 0.476. The van der Waals surface area contributed by atoms with Gasteiger partial charge in [0.1, 0.15) is 18.1 Å². The molecule has 2 saturated heterocycles. The van der Waals surface area contributed by atoms with E-state index in [9.17, 15) is 14.7 Å². The van der Waals surface area contributed by atoms with E-state index in [4.69, 9.17) is 26.3 Å². The summed E-state index contributed by atoms with van der Waals surface area (Å²) in [6, 6.07) is 7.00. The monoisotopic (exact) mass is 608 g/mol. The molecule has 1 unspecified atom stereocenters. The highest BCUT2D eigenvalue weighted by molar-refractivity contribution is 6.76. The molecule has 4 aromatic rings. The van der Waals surface area contributed by atoms with Gasteiger partial charge in [-0.1, -0.05) is 37.3 Å². The predicted octanol–water partition coefficient (Wildman–Crippen LogP) is 5.68. The van der Waals surface area contributed by atoms with E-state index in [0.717, 1.165) is 48.7 Å². The van der Waals surface area contributed by atoms with Crippen molar-refractivity contribution in [2.45, 2.75) is 76.2 Å². The molecule has 0 radical (unpaired) electrons. The molecule has 2 fully saturated rings. The summed E-state index contributed by atoms with van der Waals surface area (Å²) in [4.78, 5) is 36.4. The van der Waals surface area contributed by atoms with Gasteiger partial charge in [0.15, 0.2) is 5.65 Å². The van der Waals surface area contributed by atoms with Crippen LogP contribution < -0.4 is 15.8 Å². The molecule has 6 rings (SSSR count). The highest BCUT2D eigenvalue weighted by Gasteiger charge is 2.42. The molecule has 1 amide bonds. The second-order valence-electron chi connectivity index (χ2n) is 12.8. The van der Waals surface area contributed by atoms with Gasteiger partial charge in [-0.15, -0.1) is 0 Å². The lowest BCUT2D eigenvalue weighted by Gasteiger charge is -2.39. The molecule has 1 aromatic carbocycles. The molecule has 2 aliphatic rings. The average Bonchev–Trinajstić information content (AvgIpc) is 3.41. The van der Waals surface area contributed by atoms with Gasteiger partial charge in [0.25, 0.3) is 5.56 Å². The van der Waals surface area contributed by atoms with Crippen LogP contribution in [0.3, 0.4) is 0 Å². The van der Waals surface area contributed by atoms with Gasteiger partial charge in [-0.2, -0.15) is 0 Å². The molecule has 3 aromatic heterocycles. The molecule has 5 heterocycles.